The van der Waals surface area contributed by atoms with Gasteiger partial charge in [-0.2, -0.15) is 0 Å². The number of carbonyl (C=O) groups excluding carboxylic acids is 2. The highest BCUT2D eigenvalue weighted by atomic mass is 16.4. The van der Waals surface area contributed by atoms with E-state index in [9.17, 15) is 34.2 Å². The number of nitrogens with zero attached hydrogens (tertiary/aromatic N) is 4. The lowest BCUT2D eigenvalue weighted by atomic mass is 10.3. The molecule has 1 aliphatic heterocycles. The Morgan fingerprint density at radius 3 is 1.15 bits per heavy atom. The zero-order chi connectivity index (χ0) is 24.8. The molecule has 0 spiro atoms. The van der Waals surface area contributed by atoms with E-state index in [0.29, 0.717) is 52.4 Å². The molecule has 7 N–H and O–H groups in total. The lowest BCUT2D eigenvalue weighted by molar-refractivity contribution is -0.140. The van der Waals surface area contributed by atoms with Crippen molar-refractivity contribution < 1.29 is 39.3 Å². The van der Waals surface area contributed by atoms with Crippen LogP contribution in [0.15, 0.2) is 0 Å². The van der Waals surface area contributed by atoms with Crippen LogP contribution in [0.4, 0.5) is 4.79 Å². The molecule has 1 heterocycles. The molecule has 0 aliphatic carbocycles. The number of aliphatic carboxylic acids is 3. The summed E-state index contributed by atoms with van der Waals surface area (Å²) in [6, 6.07) is -0.785. The summed E-state index contributed by atoms with van der Waals surface area (Å²) >= 11 is 0. The SMILES string of the molecule is NC(=O)NCNC(=O)CN1CCN(CC(=O)O)CCN(CC(=O)O)CCN(CC(=O)O)CC1. The van der Waals surface area contributed by atoms with Crippen LogP contribution in [0.3, 0.4) is 0 Å². The average molecular weight is 476 g/mol. The van der Waals surface area contributed by atoms with Crippen LogP contribution < -0.4 is 16.4 Å². The van der Waals surface area contributed by atoms with Gasteiger partial charge in [-0.05, 0) is 0 Å². The number of carboxylic acid groups (broad SMARTS) is 3. The molecule has 0 radical (unpaired) electrons. The summed E-state index contributed by atoms with van der Waals surface area (Å²) in [7, 11) is 0. The van der Waals surface area contributed by atoms with Gasteiger partial charge in [0.15, 0.2) is 0 Å². The van der Waals surface area contributed by atoms with E-state index in [2.05, 4.69) is 10.6 Å². The zero-order valence-corrected chi connectivity index (χ0v) is 18.4. The van der Waals surface area contributed by atoms with Gasteiger partial charge in [0, 0.05) is 52.4 Å². The minimum atomic E-state index is -1.03. The Morgan fingerprint density at radius 2 is 0.879 bits per heavy atom. The van der Waals surface area contributed by atoms with Gasteiger partial charge in [-0.1, -0.05) is 0 Å². The highest BCUT2D eigenvalue weighted by Crippen LogP contribution is 2.01. The van der Waals surface area contributed by atoms with Crippen LogP contribution in [-0.2, 0) is 19.2 Å². The number of rotatable bonds is 10. The Balaban J connectivity index is 2.89. The number of nitrogens with one attached hydrogen (secondary N) is 2. The van der Waals surface area contributed by atoms with Crippen LogP contribution in [0.25, 0.3) is 0 Å². The largest absolute Gasteiger partial charge is 0.480 e. The number of primary amides is 1. The number of hydrogen-bond acceptors (Lipinski definition) is 9. The molecule has 0 atom stereocenters. The Kier molecular flexibility index (Phi) is 12.7. The number of nitrogens with two attached hydrogens (primary N) is 1. The number of urea groups is 1. The van der Waals surface area contributed by atoms with Crippen molar-refractivity contribution in [2.24, 2.45) is 5.73 Å². The molecule has 188 valence electrons. The van der Waals surface area contributed by atoms with Gasteiger partial charge in [0.1, 0.15) is 0 Å². The summed E-state index contributed by atoms with van der Waals surface area (Å²) in [4.78, 5) is 63.3. The smallest absolute Gasteiger partial charge is 0.317 e. The Hall–Kier alpha value is -3.01. The molecule has 0 aromatic heterocycles. The maximum atomic E-state index is 12.2. The molecular formula is C18H33N7O8. The minimum absolute atomic E-state index is 0.0482. The Bertz CT molecular complexity index is 661. The van der Waals surface area contributed by atoms with Crippen LogP contribution in [0.1, 0.15) is 0 Å². The van der Waals surface area contributed by atoms with E-state index >= 15 is 0 Å². The average Bonchev–Trinajstić information content (AvgIpc) is 2.68. The molecule has 1 fully saturated rings. The van der Waals surface area contributed by atoms with Crippen molar-refractivity contribution in [2.75, 3.05) is 85.2 Å². The van der Waals surface area contributed by atoms with Crippen LogP contribution in [0, 0.1) is 0 Å². The Morgan fingerprint density at radius 1 is 0.576 bits per heavy atom. The number of hydrogen-bond donors (Lipinski definition) is 6. The summed E-state index contributed by atoms with van der Waals surface area (Å²) in [5.41, 5.74) is 4.95. The first-order chi connectivity index (χ1) is 15.5. The van der Waals surface area contributed by atoms with Crippen LogP contribution in [-0.4, -0.2) is 150 Å². The molecular weight excluding hydrogens is 442 g/mol. The van der Waals surface area contributed by atoms with E-state index in [1.807, 2.05) is 0 Å². The molecule has 15 nitrogen and oxygen atoms in total. The lowest BCUT2D eigenvalue weighted by Crippen LogP contribution is -2.50. The highest BCUT2D eigenvalue weighted by molar-refractivity contribution is 5.79. The Labute approximate surface area is 191 Å². The van der Waals surface area contributed by atoms with E-state index in [1.54, 1.807) is 19.6 Å². The third kappa shape index (κ3) is 13.9. The van der Waals surface area contributed by atoms with Crippen LogP contribution >= 0.6 is 0 Å². The van der Waals surface area contributed by atoms with Crippen molar-refractivity contribution in [1.82, 2.24) is 30.2 Å². The van der Waals surface area contributed by atoms with E-state index in [0.717, 1.165) is 0 Å². The third-order valence-corrected chi connectivity index (χ3v) is 4.92. The highest BCUT2D eigenvalue weighted by Gasteiger charge is 2.21. The predicted octanol–water partition coefficient (Wildman–Crippen LogP) is -3.80. The summed E-state index contributed by atoms with van der Waals surface area (Å²) in [5, 5.41) is 32.3. The molecule has 0 aromatic rings. The summed E-state index contributed by atoms with van der Waals surface area (Å²) < 4.78 is 0. The van der Waals surface area contributed by atoms with Gasteiger partial charge in [0.2, 0.25) is 5.91 Å². The first kappa shape index (κ1) is 28.0. The van der Waals surface area contributed by atoms with Gasteiger partial charge in [-0.15, -0.1) is 0 Å². The standard InChI is InChI=1S/C18H33N7O8/c19-18(33)21-13-20-14(26)9-22-1-3-23(10-15(27)28)5-7-25(12-17(31)32)8-6-24(4-2-22)11-16(29)30/h1-13H2,(H,20,26)(H,27,28)(H,29,30)(H,31,32)(H3,19,21,33). The van der Waals surface area contributed by atoms with E-state index < -0.39 is 29.8 Å². The van der Waals surface area contributed by atoms with Gasteiger partial charge < -0.3 is 31.7 Å². The summed E-state index contributed by atoms with van der Waals surface area (Å²) in [5.74, 6) is -3.47. The fraction of sp³-hybridized carbons (Fsp3) is 0.722. The third-order valence-electron chi connectivity index (χ3n) is 4.92. The first-order valence-corrected chi connectivity index (χ1v) is 10.4. The molecule has 15 heteroatoms. The second-order valence-corrected chi connectivity index (χ2v) is 7.60. The van der Waals surface area contributed by atoms with Crippen molar-refractivity contribution in [2.45, 2.75) is 0 Å². The molecule has 33 heavy (non-hydrogen) atoms. The van der Waals surface area contributed by atoms with Gasteiger partial charge in [0.25, 0.3) is 0 Å². The fourth-order valence-corrected chi connectivity index (χ4v) is 3.27. The molecule has 1 aliphatic rings. The summed E-state index contributed by atoms with van der Waals surface area (Å²) in [6.07, 6.45) is 0. The van der Waals surface area contributed by atoms with Gasteiger partial charge in [0.05, 0.1) is 32.8 Å². The monoisotopic (exact) mass is 475 g/mol. The van der Waals surface area contributed by atoms with E-state index in [-0.39, 0.29) is 32.8 Å². The topological polar surface area (TPSA) is 209 Å². The fourth-order valence-electron chi connectivity index (χ4n) is 3.27. The van der Waals surface area contributed by atoms with Crippen LogP contribution in [0.5, 0.6) is 0 Å². The second-order valence-electron chi connectivity index (χ2n) is 7.60. The normalized spacial score (nSPS) is 17.9. The van der Waals surface area contributed by atoms with Crippen molar-refractivity contribution in [3.05, 3.63) is 0 Å². The van der Waals surface area contributed by atoms with Crippen molar-refractivity contribution >= 4 is 29.8 Å². The second kappa shape index (κ2) is 14.9. The minimum Gasteiger partial charge on any atom is -0.480 e. The lowest BCUT2D eigenvalue weighted by Gasteiger charge is -2.32. The van der Waals surface area contributed by atoms with Crippen molar-refractivity contribution in [1.29, 1.82) is 0 Å². The molecule has 1 saturated heterocycles. The van der Waals surface area contributed by atoms with Crippen LogP contribution in [0.2, 0.25) is 0 Å². The first-order valence-electron chi connectivity index (χ1n) is 10.4. The molecule has 0 aromatic carbocycles. The van der Waals surface area contributed by atoms with Crippen molar-refractivity contribution in [3.8, 4) is 0 Å². The summed E-state index contributed by atoms with van der Waals surface area (Å²) in [6.45, 7) is 1.51. The molecule has 3 amide bonds. The number of carboxylic acids is 3. The van der Waals surface area contributed by atoms with Gasteiger partial charge in [-0.25, -0.2) is 4.79 Å². The quantitative estimate of drug-likeness (QED) is 0.168. The van der Waals surface area contributed by atoms with Crippen molar-refractivity contribution in [3.63, 3.8) is 0 Å². The maximum absolute atomic E-state index is 12.2. The van der Waals surface area contributed by atoms with E-state index in [4.69, 9.17) is 10.8 Å². The van der Waals surface area contributed by atoms with Gasteiger partial charge in [-0.3, -0.25) is 38.8 Å². The number of amides is 3. The van der Waals surface area contributed by atoms with Gasteiger partial charge >= 0.3 is 23.9 Å². The molecule has 0 unspecified atom stereocenters. The number of carbonyl (C=O) groups is 5. The zero-order valence-electron chi connectivity index (χ0n) is 18.4. The molecule has 0 saturated carbocycles. The van der Waals surface area contributed by atoms with E-state index in [1.165, 1.54) is 0 Å². The maximum Gasteiger partial charge on any atom is 0.317 e. The molecule has 1 rings (SSSR count). The molecule has 0 bridgehead atoms. The predicted molar refractivity (Wildman–Crippen MR) is 114 cm³/mol.